The monoisotopic (exact) mass is 542 g/mol. The summed E-state index contributed by atoms with van der Waals surface area (Å²) in [5.41, 5.74) is 3.50. The van der Waals surface area contributed by atoms with Gasteiger partial charge in [0.1, 0.15) is 0 Å². The van der Waals surface area contributed by atoms with Crippen LogP contribution in [0.4, 0.5) is 17.3 Å². The molecule has 7 heteroatoms. The summed E-state index contributed by atoms with van der Waals surface area (Å²) < 4.78 is 0. The van der Waals surface area contributed by atoms with Crippen molar-refractivity contribution in [1.82, 2.24) is 20.2 Å². The Morgan fingerprint density at radius 1 is 1.05 bits per heavy atom. The molecule has 7 rings (SSSR count). The first-order chi connectivity index (χ1) is 19.3. The number of hydrogen-bond donors (Lipinski definition) is 2. The second-order valence-corrected chi connectivity index (χ2v) is 14.1. The Bertz CT molecular complexity index is 1240. The summed E-state index contributed by atoms with van der Waals surface area (Å²) in [6.07, 6.45) is 11.0. The highest BCUT2D eigenvalue weighted by Crippen LogP contribution is 2.67. The van der Waals surface area contributed by atoms with Crippen molar-refractivity contribution in [2.75, 3.05) is 36.4 Å². The summed E-state index contributed by atoms with van der Waals surface area (Å²) in [4.78, 5) is 28.4. The predicted octanol–water partition coefficient (Wildman–Crippen LogP) is 5.40. The average Bonchev–Trinajstić information content (AvgIpc) is 3.68. The van der Waals surface area contributed by atoms with Crippen LogP contribution in [0, 0.1) is 28.6 Å². The van der Waals surface area contributed by atoms with Gasteiger partial charge in [-0.2, -0.15) is 0 Å². The molecule has 0 radical (unpaired) electrons. The third kappa shape index (κ3) is 4.40. The predicted molar refractivity (Wildman–Crippen MR) is 160 cm³/mol. The van der Waals surface area contributed by atoms with Gasteiger partial charge in [-0.15, -0.1) is 0 Å². The number of anilines is 3. The minimum Gasteiger partial charge on any atom is -0.369 e. The van der Waals surface area contributed by atoms with Crippen LogP contribution in [0.25, 0.3) is 0 Å². The first-order valence-electron chi connectivity index (χ1n) is 15.8. The maximum atomic E-state index is 14.3. The van der Waals surface area contributed by atoms with Crippen LogP contribution in [0.3, 0.4) is 0 Å². The zero-order chi connectivity index (χ0) is 27.5. The van der Waals surface area contributed by atoms with Crippen LogP contribution in [0.1, 0.15) is 71.4 Å². The lowest BCUT2D eigenvalue weighted by molar-refractivity contribution is -0.141. The SMILES string of the molecule is CC1(C)C2CCC1(C)C(N(C(=O)Cc1ccnc(Nc3ccc(N4CCNCC4)cc3)n1)C1CC3CCC1C3)C2. The van der Waals surface area contributed by atoms with Crippen molar-refractivity contribution < 1.29 is 4.79 Å². The Balaban J connectivity index is 1.08. The van der Waals surface area contributed by atoms with Gasteiger partial charge in [0.05, 0.1) is 12.1 Å². The van der Waals surface area contributed by atoms with Crippen LogP contribution in [-0.2, 0) is 11.2 Å². The number of piperazine rings is 1. The van der Waals surface area contributed by atoms with Gasteiger partial charge < -0.3 is 20.4 Å². The largest absolute Gasteiger partial charge is 0.369 e. The van der Waals surface area contributed by atoms with E-state index in [-0.39, 0.29) is 11.3 Å². The number of nitrogens with zero attached hydrogens (tertiary/aromatic N) is 4. The van der Waals surface area contributed by atoms with Crippen LogP contribution in [0.15, 0.2) is 36.5 Å². The molecule has 1 saturated heterocycles. The zero-order valence-corrected chi connectivity index (χ0v) is 24.5. The van der Waals surface area contributed by atoms with Crippen LogP contribution >= 0.6 is 0 Å². The van der Waals surface area contributed by atoms with E-state index in [0.717, 1.165) is 49.4 Å². The molecular weight excluding hydrogens is 496 g/mol. The fourth-order valence-corrected chi connectivity index (χ4v) is 9.33. The minimum atomic E-state index is 0.199. The lowest BCUT2D eigenvalue weighted by Gasteiger charge is -2.48. The van der Waals surface area contributed by atoms with Crippen molar-refractivity contribution in [1.29, 1.82) is 0 Å². The summed E-state index contributed by atoms with van der Waals surface area (Å²) in [5.74, 6) is 3.06. The standard InChI is InChI=1S/C33H46N6O/c1-32(2)24-10-12-33(32,3)29(20-24)39(28-19-22-4-5-23(28)18-22)30(40)21-26-11-13-35-31(37-26)36-25-6-8-27(9-7-25)38-16-14-34-15-17-38/h6-9,11,13,22-24,28-29,34H,4-5,10,12,14-21H2,1-3H3,(H,35,36,37). The normalized spacial score (nSPS) is 33.9. The van der Waals surface area contributed by atoms with E-state index in [2.05, 4.69) is 70.5 Å². The van der Waals surface area contributed by atoms with Gasteiger partial charge in [-0.05, 0) is 97.4 Å². The topological polar surface area (TPSA) is 73.4 Å². The van der Waals surface area contributed by atoms with Crippen LogP contribution in [0.2, 0.25) is 0 Å². The molecule has 40 heavy (non-hydrogen) atoms. The molecule has 214 valence electrons. The molecular formula is C33H46N6O. The molecule has 2 aromatic rings. The van der Waals surface area contributed by atoms with Crippen molar-refractivity contribution in [3.63, 3.8) is 0 Å². The van der Waals surface area contributed by atoms with E-state index >= 15 is 0 Å². The van der Waals surface area contributed by atoms with Crippen molar-refractivity contribution >= 4 is 23.2 Å². The Kier molecular flexibility index (Phi) is 6.56. The quantitative estimate of drug-likeness (QED) is 0.488. The molecule has 5 fully saturated rings. The molecule has 6 unspecified atom stereocenters. The van der Waals surface area contributed by atoms with Crippen LogP contribution in [-0.4, -0.2) is 59.0 Å². The number of amides is 1. The molecule has 1 aromatic carbocycles. The highest BCUT2D eigenvalue weighted by molar-refractivity contribution is 5.79. The number of nitrogens with one attached hydrogen (secondary N) is 2. The van der Waals surface area contributed by atoms with Crippen LogP contribution in [0.5, 0.6) is 0 Å². The van der Waals surface area contributed by atoms with Gasteiger partial charge in [-0.25, -0.2) is 9.97 Å². The third-order valence-electron chi connectivity index (χ3n) is 12.1. The molecule has 1 amide bonds. The highest BCUT2D eigenvalue weighted by atomic mass is 16.2. The fourth-order valence-electron chi connectivity index (χ4n) is 9.33. The Morgan fingerprint density at radius 3 is 2.50 bits per heavy atom. The molecule has 2 heterocycles. The highest BCUT2D eigenvalue weighted by Gasteiger charge is 2.64. The van der Waals surface area contributed by atoms with E-state index < -0.39 is 0 Å². The molecule has 7 nitrogen and oxygen atoms in total. The Labute approximate surface area is 239 Å². The molecule has 2 N–H and O–H groups in total. The van der Waals surface area contributed by atoms with Gasteiger partial charge in [0, 0.05) is 55.8 Å². The molecule has 1 aliphatic heterocycles. The van der Waals surface area contributed by atoms with Gasteiger partial charge >= 0.3 is 0 Å². The number of carbonyl (C=O) groups is 1. The number of benzene rings is 1. The number of hydrogen-bond acceptors (Lipinski definition) is 6. The Hall–Kier alpha value is -2.67. The van der Waals surface area contributed by atoms with Gasteiger partial charge in [-0.3, -0.25) is 4.79 Å². The van der Waals surface area contributed by atoms with E-state index in [1.165, 1.54) is 50.6 Å². The molecule has 6 atom stereocenters. The summed E-state index contributed by atoms with van der Waals surface area (Å²) in [6, 6.07) is 11.2. The van der Waals surface area contributed by atoms with E-state index in [1.807, 2.05) is 6.07 Å². The average molecular weight is 543 g/mol. The maximum Gasteiger partial charge on any atom is 0.229 e. The molecule has 4 saturated carbocycles. The first-order valence-corrected chi connectivity index (χ1v) is 15.8. The molecule has 4 bridgehead atoms. The number of rotatable bonds is 7. The first kappa shape index (κ1) is 26.2. The van der Waals surface area contributed by atoms with Crippen LogP contribution < -0.4 is 15.5 Å². The van der Waals surface area contributed by atoms with Gasteiger partial charge in [0.25, 0.3) is 0 Å². The summed E-state index contributed by atoms with van der Waals surface area (Å²) >= 11 is 0. The lowest BCUT2D eigenvalue weighted by atomic mass is 9.68. The molecule has 4 aliphatic carbocycles. The minimum absolute atomic E-state index is 0.199. The fraction of sp³-hybridized carbons (Fsp3) is 0.667. The van der Waals surface area contributed by atoms with E-state index in [0.29, 0.717) is 35.8 Å². The van der Waals surface area contributed by atoms with E-state index in [9.17, 15) is 4.79 Å². The molecule has 1 aromatic heterocycles. The summed E-state index contributed by atoms with van der Waals surface area (Å²) in [5, 5.41) is 6.78. The van der Waals surface area contributed by atoms with Gasteiger partial charge in [-0.1, -0.05) is 27.2 Å². The maximum absolute atomic E-state index is 14.3. The summed E-state index contributed by atoms with van der Waals surface area (Å²) in [7, 11) is 0. The van der Waals surface area contributed by atoms with E-state index in [1.54, 1.807) is 6.20 Å². The lowest BCUT2D eigenvalue weighted by Crippen LogP contribution is -2.55. The van der Waals surface area contributed by atoms with Gasteiger partial charge in [0.15, 0.2) is 0 Å². The molecule has 5 aliphatic rings. The van der Waals surface area contributed by atoms with Crippen molar-refractivity contribution in [2.45, 2.75) is 84.2 Å². The third-order valence-corrected chi connectivity index (χ3v) is 12.1. The number of carbonyl (C=O) groups excluding carboxylic acids is 1. The van der Waals surface area contributed by atoms with Crippen molar-refractivity contribution in [2.24, 2.45) is 28.6 Å². The Morgan fingerprint density at radius 2 is 1.85 bits per heavy atom. The zero-order valence-electron chi connectivity index (χ0n) is 24.5. The number of fused-ring (bicyclic) bond motifs is 4. The van der Waals surface area contributed by atoms with Crippen molar-refractivity contribution in [3.05, 3.63) is 42.2 Å². The van der Waals surface area contributed by atoms with Gasteiger partial charge in [0.2, 0.25) is 11.9 Å². The smallest absolute Gasteiger partial charge is 0.229 e. The van der Waals surface area contributed by atoms with Crippen molar-refractivity contribution in [3.8, 4) is 0 Å². The molecule has 0 spiro atoms. The summed E-state index contributed by atoms with van der Waals surface area (Å²) in [6.45, 7) is 11.5. The number of aromatic nitrogens is 2. The second kappa shape index (κ2) is 10.0. The van der Waals surface area contributed by atoms with E-state index in [4.69, 9.17) is 4.98 Å². The second-order valence-electron chi connectivity index (χ2n) is 14.1.